The first-order chi connectivity index (χ1) is 9.42. The SMILES string of the molecule is COCCN(CCOC)C(=O)NC(CC(N)=O)C(=O)O. The molecule has 9 heteroatoms. The van der Waals surface area contributed by atoms with Crippen molar-refractivity contribution in [3.8, 4) is 0 Å². The molecule has 0 bridgehead atoms. The van der Waals surface area contributed by atoms with E-state index in [4.69, 9.17) is 20.3 Å². The number of hydrogen-bond acceptors (Lipinski definition) is 5. The Labute approximate surface area is 117 Å². The van der Waals surface area contributed by atoms with Crippen molar-refractivity contribution in [2.24, 2.45) is 5.73 Å². The van der Waals surface area contributed by atoms with Gasteiger partial charge in [0.25, 0.3) is 0 Å². The largest absolute Gasteiger partial charge is 0.480 e. The molecule has 0 fully saturated rings. The smallest absolute Gasteiger partial charge is 0.326 e. The average Bonchev–Trinajstić information content (AvgIpc) is 2.37. The Hall–Kier alpha value is -1.87. The number of primary amides is 1. The van der Waals surface area contributed by atoms with E-state index in [-0.39, 0.29) is 13.1 Å². The lowest BCUT2D eigenvalue weighted by molar-refractivity contribution is -0.141. The number of carbonyl (C=O) groups excluding carboxylic acids is 2. The number of nitrogens with zero attached hydrogens (tertiary/aromatic N) is 1. The number of nitrogens with one attached hydrogen (secondary N) is 1. The molecule has 4 N–H and O–H groups in total. The first kappa shape index (κ1) is 18.1. The maximum Gasteiger partial charge on any atom is 0.326 e. The van der Waals surface area contributed by atoms with Crippen molar-refractivity contribution >= 4 is 17.9 Å². The highest BCUT2D eigenvalue weighted by Crippen LogP contribution is 1.97. The van der Waals surface area contributed by atoms with Crippen molar-refractivity contribution in [1.29, 1.82) is 0 Å². The third-order valence-electron chi connectivity index (χ3n) is 2.42. The Kier molecular flexibility index (Phi) is 9.05. The number of rotatable bonds is 10. The monoisotopic (exact) mass is 291 g/mol. The van der Waals surface area contributed by atoms with E-state index in [1.54, 1.807) is 0 Å². The molecule has 116 valence electrons. The van der Waals surface area contributed by atoms with Crippen molar-refractivity contribution in [2.75, 3.05) is 40.5 Å². The van der Waals surface area contributed by atoms with Crippen LogP contribution in [-0.2, 0) is 19.1 Å². The number of carboxylic acid groups (broad SMARTS) is 1. The van der Waals surface area contributed by atoms with Gasteiger partial charge in [0.2, 0.25) is 5.91 Å². The minimum absolute atomic E-state index is 0.272. The summed E-state index contributed by atoms with van der Waals surface area (Å²) in [6.45, 7) is 1.14. The van der Waals surface area contributed by atoms with Gasteiger partial charge in [0.15, 0.2) is 0 Å². The van der Waals surface area contributed by atoms with Gasteiger partial charge in [-0.05, 0) is 0 Å². The second-order valence-electron chi connectivity index (χ2n) is 3.98. The van der Waals surface area contributed by atoms with Crippen LogP contribution in [0.4, 0.5) is 4.79 Å². The van der Waals surface area contributed by atoms with Crippen LogP contribution in [0.15, 0.2) is 0 Å². The van der Waals surface area contributed by atoms with Gasteiger partial charge in [-0.1, -0.05) is 0 Å². The molecule has 1 unspecified atom stereocenters. The van der Waals surface area contributed by atoms with Crippen LogP contribution in [0.25, 0.3) is 0 Å². The molecule has 20 heavy (non-hydrogen) atoms. The summed E-state index contributed by atoms with van der Waals surface area (Å²) in [5.41, 5.74) is 4.94. The average molecular weight is 291 g/mol. The van der Waals surface area contributed by atoms with Crippen LogP contribution in [-0.4, -0.2) is 74.5 Å². The second kappa shape index (κ2) is 9.98. The summed E-state index contributed by atoms with van der Waals surface area (Å²) in [6, 6.07) is -1.97. The Balaban J connectivity index is 4.59. The molecule has 0 rings (SSSR count). The molecule has 0 saturated heterocycles. The molecule has 9 nitrogen and oxygen atoms in total. The highest BCUT2D eigenvalue weighted by Gasteiger charge is 2.24. The Bertz CT molecular complexity index is 328. The lowest BCUT2D eigenvalue weighted by Gasteiger charge is -2.24. The van der Waals surface area contributed by atoms with E-state index >= 15 is 0 Å². The number of urea groups is 1. The van der Waals surface area contributed by atoms with Crippen molar-refractivity contribution in [2.45, 2.75) is 12.5 Å². The number of carboxylic acids is 1. The van der Waals surface area contributed by atoms with Gasteiger partial charge in [-0.2, -0.15) is 0 Å². The first-order valence-electron chi connectivity index (χ1n) is 5.96. The zero-order valence-electron chi connectivity index (χ0n) is 11.6. The summed E-state index contributed by atoms with van der Waals surface area (Å²) in [5, 5.41) is 11.2. The molecule has 0 heterocycles. The van der Waals surface area contributed by atoms with Crippen molar-refractivity contribution in [3.05, 3.63) is 0 Å². The van der Waals surface area contributed by atoms with E-state index < -0.39 is 30.4 Å². The number of hydrogen-bond donors (Lipinski definition) is 3. The molecule has 0 spiro atoms. The van der Waals surface area contributed by atoms with Crippen molar-refractivity contribution in [1.82, 2.24) is 10.2 Å². The van der Waals surface area contributed by atoms with Crippen LogP contribution in [0, 0.1) is 0 Å². The second-order valence-corrected chi connectivity index (χ2v) is 3.98. The zero-order valence-corrected chi connectivity index (χ0v) is 11.6. The summed E-state index contributed by atoms with van der Waals surface area (Å²) >= 11 is 0. The molecule has 1 atom stereocenters. The molecular formula is C11H21N3O6. The Morgan fingerprint density at radius 1 is 1.20 bits per heavy atom. The van der Waals surface area contributed by atoms with Gasteiger partial charge in [-0.15, -0.1) is 0 Å². The van der Waals surface area contributed by atoms with Crippen molar-refractivity contribution in [3.63, 3.8) is 0 Å². The number of carbonyl (C=O) groups is 3. The number of ether oxygens (including phenoxy) is 2. The van der Waals surface area contributed by atoms with Gasteiger partial charge in [0.1, 0.15) is 6.04 Å². The predicted octanol–water partition coefficient (Wildman–Crippen LogP) is -1.38. The molecule has 0 aliphatic rings. The van der Waals surface area contributed by atoms with Gasteiger partial charge in [-0.3, -0.25) is 4.79 Å². The predicted molar refractivity (Wildman–Crippen MR) is 69.1 cm³/mol. The maximum absolute atomic E-state index is 11.9. The van der Waals surface area contributed by atoms with Gasteiger partial charge < -0.3 is 30.5 Å². The van der Waals surface area contributed by atoms with E-state index in [2.05, 4.69) is 5.32 Å². The van der Waals surface area contributed by atoms with Gasteiger partial charge in [0, 0.05) is 27.3 Å². The number of aliphatic carboxylic acids is 1. The molecule has 0 aromatic heterocycles. The van der Waals surface area contributed by atoms with Gasteiger partial charge >= 0.3 is 12.0 Å². The highest BCUT2D eigenvalue weighted by atomic mass is 16.5. The minimum atomic E-state index is -1.35. The fourth-order valence-corrected chi connectivity index (χ4v) is 1.36. The molecule has 0 saturated carbocycles. The minimum Gasteiger partial charge on any atom is -0.480 e. The quantitative estimate of drug-likeness (QED) is 0.454. The molecule has 3 amide bonds. The van der Waals surface area contributed by atoms with Crippen LogP contribution in [0.5, 0.6) is 0 Å². The van der Waals surface area contributed by atoms with Crippen LogP contribution < -0.4 is 11.1 Å². The third kappa shape index (κ3) is 7.54. The number of methoxy groups -OCH3 is 2. The van der Waals surface area contributed by atoms with Crippen LogP contribution >= 0.6 is 0 Å². The fourth-order valence-electron chi connectivity index (χ4n) is 1.36. The van der Waals surface area contributed by atoms with Crippen molar-refractivity contribution < 1.29 is 29.0 Å². The van der Waals surface area contributed by atoms with Crippen LogP contribution in [0.1, 0.15) is 6.42 Å². The van der Waals surface area contributed by atoms with E-state index in [1.807, 2.05) is 0 Å². The molecule has 0 aromatic carbocycles. The molecule has 0 aliphatic carbocycles. The Morgan fingerprint density at radius 3 is 2.05 bits per heavy atom. The molecule has 0 aliphatic heterocycles. The van der Waals surface area contributed by atoms with E-state index in [9.17, 15) is 14.4 Å². The first-order valence-corrected chi connectivity index (χ1v) is 5.96. The van der Waals surface area contributed by atoms with E-state index in [0.717, 1.165) is 0 Å². The lowest BCUT2D eigenvalue weighted by atomic mass is 10.2. The summed E-state index contributed by atoms with van der Waals surface area (Å²) in [7, 11) is 2.97. The van der Waals surface area contributed by atoms with Gasteiger partial charge in [-0.25, -0.2) is 9.59 Å². The van der Waals surface area contributed by atoms with E-state index in [0.29, 0.717) is 13.2 Å². The molecule has 0 radical (unpaired) electrons. The summed E-state index contributed by atoms with van der Waals surface area (Å²) in [4.78, 5) is 35.0. The third-order valence-corrected chi connectivity index (χ3v) is 2.42. The lowest BCUT2D eigenvalue weighted by Crippen LogP contribution is -2.50. The summed E-state index contributed by atoms with van der Waals surface area (Å²) < 4.78 is 9.73. The molecule has 0 aromatic rings. The topological polar surface area (TPSA) is 131 Å². The van der Waals surface area contributed by atoms with Gasteiger partial charge in [0.05, 0.1) is 19.6 Å². The summed E-state index contributed by atoms with van der Waals surface area (Å²) in [6.07, 6.45) is -0.469. The van der Waals surface area contributed by atoms with Crippen LogP contribution in [0.3, 0.4) is 0 Å². The van der Waals surface area contributed by atoms with Crippen LogP contribution in [0.2, 0.25) is 0 Å². The zero-order chi connectivity index (χ0) is 15.5. The number of nitrogens with two attached hydrogens (primary N) is 1. The maximum atomic E-state index is 11.9. The normalized spacial score (nSPS) is 11.7. The standard InChI is InChI=1S/C11H21N3O6/c1-19-5-3-14(4-6-20-2)11(18)13-8(10(16)17)7-9(12)15/h8H,3-7H2,1-2H3,(H2,12,15)(H,13,18)(H,16,17). The Morgan fingerprint density at radius 2 is 1.70 bits per heavy atom. The highest BCUT2D eigenvalue weighted by molar-refractivity contribution is 5.87. The number of amides is 3. The fraction of sp³-hybridized carbons (Fsp3) is 0.727. The molecular weight excluding hydrogens is 270 g/mol. The van der Waals surface area contributed by atoms with E-state index in [1.165, 1.54) is 19.1 Å². The summed E-state index contributed by atoms with van der Waals surface area (Å²) in [5.74, 6) is -2.13.